The fraction of sp³-hybridized carbons (Fsp3) is 0.522. The molecule has 4 heterocycles. The number of aromatic nitrogens is 2. The van der Waals surface area contributed by atoms with Gasteiger partial charge in [0.05, 0.1) is 28.8 Å². The van der Waals surface area contributed by atoms with Crippen LogP contribution in [0.4, 0.5) is 11.6 Å². The molecule has 0 aromatic carbocycles. The van der Waals surface area contributed by atoms with Crippen LogP contribution in [0.5, 0.6) is 0 Å². The first-order valence-corrected chi connectivity index (χ1v) is 11.4. The zero-order valence-corrected chi connectivity index (χ0v) is 18.8. The predicted octanol–water partition coefficient (Wildman–Crippen LogP) is 3.96. The molecule has 2 aromatic heterocycles. The van der Waals surface area contributed by atoms with E-state index in [2.05, 4.69) is 34.8 Å². The number of anilines is 2. The van der Waals surface area contributed by atoms with Crippen molar-refractivity contribution in [1.29, 1.82) is 0 Å². The fourth-order valence-corrected chi connectivity index (χ4v) is 4.65. The summed E-state index contributed by atoms with van der Waals surface area (Å²) in [4.78, 5) is 21.4. The Morgan fingerprint density at radius 3 is 2.81 bits per heavy atom. The van der Waals surface area contributed by atoms with Crippen molar-refractivity contribution in [2.75, 3.05) is 30.3 Å². The number of carbonyl (C=O) groups excluding carboxylic acids is 1. The van der Waals surface area contributed by atoms with Crippen molar-refractivity contribution < 1.29 is 9.53 Å². The van der Waals surface area contributed by atoms with Gasteiger partial charge in [-0.25, -0.2) is 9.97 Å². The monoisotopic (exact) mass is 443 g/mol. The largest absolute Gasteiger partial charge is 0.376 e. The van der Waals surface area contributed by atoms with Crippen LogP contribution in [0.2, 0.25) is 5.02 Å². The summed E-state index contributed by atoms with van der Waals surface area (Å²) in [6.07, 6.45) is 5.08. The highest BCUT2D eigenvalue weighted by atomic mass is 35.5. The van der Waals surface area contributed by atoms with E-state index in [1.807, 2.05) is 18.2 Å². The normalized spacial score (nSPS) is 25.9. The molecule has 3 N–H and O–H groups in total. The second kappa shape index (κ2) is 9.94. The van der Waals surface area contributed by atoms with Gasteiger partial charge in [0.2, 0.25) is 5.91 Å². The van der Waals surface area contributed by atoms with E-state index in [-0.39, 0.29) is 11.8 Å². The number of hydrogen-bond acceptors (Lipinski definition) is 6. The van der Waals surface area contributed by atoms with Crippen LogP contribution in [-0.2, 0) is 9.53 Å². The molecule has 2 aromatic rings. The number of ether oxygens (including phenoxy) is 1. The highest BCUT2D eigenvalue weighted by Gasteiger charge is 2.25. The number of nitrogens with one attached hydrogen (secondary N) is 3. The van der Waals surface area contributed by atoms with Crippen molar-refractivity contribution in [3.63, 3.8) is 0 Å². The Balaban J connectivity index is 1.44. The number of rotatable bonds is 6. The average molecular weight is 444 g/mol. The summed E-state index contributed by atoms with van der Waals surface area (Å²) in [5.74, 6) is 1.80. The minimum atomic E-state index is -0.0257. The van der Waals surface area contributed by atoms with E-state index >= 15 is 0 Å². The molecule has 2 fully saturated rings. The summed E-state index contributed by atoms with van der Waals surface area (Å²) in [7, 11) is 0. The maximum Gasteiger partial charge on any atom is 0.229 e. The molecule has 4 rings (SSSR count). The van der Waals surface area contributed by atoms with Gasteiger partial charge in [-0.3, -0.25) is 4.79 Å². The standard InChI is InChI=1S/C23H30ClN5O2/c1-14-8-16(9-15(2)31-14)11-26-21-5-3-4-20(28-21)18-10-22(27-13-19(18)24)29-23(30)17-6-7-25-12-17/h3-5,10,13-17,25H,6-9,11-12H2,1-2H3,(H,26,28)(H,27,29,30)/t14-,15?,16?,17?/m1/s1. The van der Waals surface area contributed by atoms with Crippen LogP contribution in [0.3, 0.4) is 0 Å². The minimum absolute atomic E-state index is 0.0194. The third kappa shape index (κ3) is 5.73. The summed E-state index contributed by atoms with van der Waals surface area (Å²) in [5, 5.41) is 10.1. The van der Waals surface area contributed by atoms with Crippen molar-refractivity contribution in [3.8, 4) is 11.3 Å². The Morgan fingerprint density at radius 1 is 1.26 bits per heavy atom. The summed E-state index contributed by atoms with van der Waals surface area (Å²) < 4.78 is 5.83. The van der Waals surface area contributed by atoms with Crippen LogP contribution < -0.4 is 16.0 Å². The number of pyridine rings is 2. The van der Waals surface area contributed by atoms with Gasteiger partial charge in [0.1, 0.15) is 11.6 Å². The molecule has 4 atom stereocenters. The van der Waals surface area contributed by atoms with E-state index in [9.17, 15) is 4.79 Å². The quantitative estimate of drug-likeness (QED) is 0.626. The van der Waals surface area contributed by atoms with Gasteiger partial charge >= 0.3 is 0 Å². The fourth-order valence-electron chi connectivity index (χ4n) is 4.45. The van der Waals surface area contributed by atoms with E-state index in [0.29, 0.717) is 35.5 Å². The molecule has 2 aliphatic rings. The van der Waals surface area contributed by atoms with Gasteiger partial charge in [0.25, 0.3) is 0 Å². The van der Waals surface area contributed by atoms with E-state index in [0.717, 1.165) is 49.4 Å². The van der Waals surface area contributed by atoms with Gasteiger partial charge < -0.3 is 20.7 Å². The lowest BCUT2D eigenvalue weighted by atomic mass is 9.92. The van der Waals surface area contributed by atoms with Gasteiger partial charge in [-0.1, -0.05) is 17.7 Å². The molecule has 0 aliphatic carbocycles. The Hall–Kier alpha value is -2.22. The molecule has 166 valence electrons. The number of hydrogen-bond donors (Lipinski definition) is 3. The third-order valence-electron chi connectivity index (χ3n) is 5.93. The molecular weight excluding hydrogens is 414 g/mol. The zero-order valence-electron chi connectivity index (χ0n) is 18.0. The lowest BCUT2D eigenvalue weighted by molar-refractivity contribution is -0.119. The van der Waals surface area contributed by atoms with Crippen LogP contribution in [0.1, 0.15) is 33.1 Å². The van der Waals surface area contributed by atoms with E-state index < -0.39 is 0 Å². The second-order valence-corrected chi connectivity index (χ2v) is 9.02. The molecule has 7 nitrogen and oxygen atoms in total. The smallest absolute Gasteiger partial charge is 0.229 e. The topological polar surface area (TPSA) is 88.2 Å². The minimum Gasteiger partial charge on any atom is -0.376 e. The summed E-state index contributed by atoms with van der Waals surface area (Å²) >= 11 is 6.42. The highest BCUT2D eigenvalue weighted by Crippen LogP contribution is 2.30. The SMILES string of the molecule is CC1CC(CNc2cccc(-c3cc(NC(=O)C4CCNC4)ncc3Cl)n2)C[C@@H](C)O1. The molecule has 8 heteroatoms. The summed E-state index contributed by atoms with van der Waals surface area (Å²) in [6.45, 7) is 6.69. The lowest BCUT2D eigenvalue weighted by Gasteiger charge is -2.32. The average Bonchev–Trinajstić information content (AvgIpc) is 3.28. The lowest BCUT2D eigenvalue weighted by Crippen LogP contribution is -2.32. The molecule has 0 saturated carbocycles. The predicted molar refractivity (Wildman–Crippen MR) is 123 cm³/mol. The van der Waals surface area contributed by atoms with Gasteiger partial charge in [0, 0.05) is 24.8 Å². The highest BCUT2D eigenvalue weighted by molar-refractivity contribution is 6.33. The maximum atomic E-state index is 12.4. The second-order valence-electron chi connectivity index (χ2n) is 8.61. The van der Waals surface area contributed by atoms with Crippen LogP contribution in [0, 0.1) is 11.8 Å². The number of carbonyl (C=O) groups is 1. The molecule has 0 radical (unpaired) electrons. The zero-order chi connectivity index (χ0) is 21.8. The Morgan fingerprint density at radius 2 is 2.06 bits per heavy atom. The molecule has 2 saturated heterocycles. The van der Waals surface area contributed by atoms with E-state index in [1.54, 1.807) is 12.3 Å². The molecule has 1 amide bonds. The Bertz CT molecular complexity index is 909. The van der Waals surface area contributed by atoms with Crippen LogP contribution >= 0.6 is 11.6 Å². The number of amides is 1. The van der Waals surface area contributed by atoms with Crippen LogP contribution in [0.15, 0.2) is 30.5 Å². The van der Waals surface area contributed by atoms with Gasteiger partial charge in [-0.05, 0) is 63.8 Å². The molecular formula is C23H30ClN5O2. The van der Waals surface area contributed by atoms with Crippen molar-refractivity contribution in [2.24, 2.45) is 11.8 Å². The Kier molecular flexibility index (Phi) is 7.05. The summed E-state index contributed by atoms with van der Waals surface area (Å²) in [6, 6.07) is 7.62. The number of nitrogens with zero attached hydrogens (tertiary/aromatic N) is 2. The first-order chi connectivity index (χ1) is 15.0. The first-order valence-electron chi connectivity index (χ1n) is 11.0. The van der Waals surface area contributed by atoms with Gasteiger partial charge in [-0.15, -0.1) is 0 Å². The van der Waals surface area contributed by atoms with Crippen LogP contribution in [0.25, 0.3) is 11.3 Å². The first kappa shape index (κ1) is 22.0. The van der Waals surface area contributed by atoms with Crippen molar-refractivity contribution in [2.45, 2.75) is 45.3 Å². The van der Waals surface area contributed by atoms with Crippen molar-refractivity contribution in [3.05, 3.63) is 35.5 Å². The third-order valence-corrected chi connectivity index (χ3v) is 6.23. The molecule has 2 aliphatic heterocycles. The Labute approximate surface area is 188 Å². The summed E-state index contributed by atoms with van der Waals surface area (Å²) in [5.41, 5.74) is 1.48. The molecule has 31 heavy (non-hydrogen) atoms. The van der Waals surface area contributed by atoms with Crippen molar-refractivity contribution >= 4 is 29.1 Å². The molecule has 3 unspecified atom stereocenters. The van der Waals surface area contributed by atoms with Gasteiger partial charge in [0.15, 0.2) is 0 Å². The van der Waals surface area contributed by atoms with E-state index in [4.69, 9.17) is 21.3 Å². The van der Waals surface area contributed by atoms with E-state index in [1.165, 1.54) is 0 Å². The van der Waals surface area contributed by atoms with Crippen LogP contribution in [-0.4, -0.2) is 47.7 Å². The van der Waals surface area contributed by atoms with Gasteiger partial charge in [-0.2, -0.15) is 0 Å². The molecule has 0 spiro atoms. The molecule has 0 bridgehead atoms. The number of halogens is 1. The van der Waals surface area contributed by atoms with Crippen molar-refractivity contribution in [1.82, 2.24) is 15.3 Å². The maximum absolute atomic E-state index is 12.4.